The molecule has 0 radical (unpaired) electrons. The fourth-order valence-electron chi connectivity index (χ4n) is 5.05. The summed E-state index contributed by atoms with van der Waals surface area (Å²) in [5, 5.41) is 9.96. The molecule has 1 N–H and O–H groups in total. The first kappa shape index (κ1) is 17.1. The van der Waals surface area contributed by atoms with Crippen LogP contribution < -0.4 is 4.90 Å². The second-order valence-corrected chi connectivity index (χ2v) is 8.11. The zero-order valence-corrected chi connectivity index (χ0v) is 16.0. The van der Waals surface area contributed by atoms with Gasteiger partial charge in [-0.2, -0.15) is 0 Å². The second kappa shape index (κ2) is 6.87. The van der Waals surface area contributed by atoms with Crippen LogP contribution in [0.3, 0.4) is 0 Å². The van der Waals surface area contributed by atoms with Crippen LogP contribution in [-0.2, 0) is 19.5 Å². The molecule has 0 saturated carbocycles. The van der Waals surface area contributed by atoms with Crippen LogP contribution >= 0.6 is 0 Å². The summed E-state index contributed by atoms with van der Waals surface area (Å²) in [5.74, 6) is 0.796. The highest BCUT2D eigenvalue weighted by Gasteiger charge is 2.41. The van der Waals surface area contributed by atoms with E-state index in [-0.39, 0.29) is 6.10 Å². The normalized spacial score (nSPS) is 27.8. The van der Waals surface area contributed by atoms with Crippen molar-refractivity contribution in [2.45, 2.75) is 70.3 Å². The molecule has 2 aromatic heterocycles. The fourth-order valence-corrected chi connectivity index (χ4v) is 5.05. The quantitative estimate of drug-likeness (QED) is 0.889. The molecule has 0 unspecified atom stereocenters. The van der Waals surface area contributed by atoms with Gasteiger partial charge in [-0.1, -0.05) is 0 Å². The van der Waals surface area contributed by atoms with Gasteiger partial charge in [-0.3, -0.25) is 4.90 Å². The molecule has 3 atom stereocenters. The smallest absolute Gasteiger partial charge is 0.225 e. The number of anilines is 1. The number of hydrogen-bond donors (Lipinski definition) is 1. The molecule has 0 aliphatic carbocycles. The minimum atomic E-state index is -0.256. The summed E-state index contributed by atoms with van der Waals surface area (Å²) >= 11 is 0. The molecule has 144 valence electrons. The summed E-state index contributed by atoms with van der Waals surface area (Å²) in [6.07, 6.45) is 11.0. The molecule has 3 aliphatic rings. The van der Waals surface area contributed by atoms with E-state index >= 15 is 0 Å². The van der Waals surface area contributed by atoms with Crippen molar-refractivity contribution in [2.24, 2.45) is 0 Å². The topological polar surface area (TPSA) is 70.3 Å². The van der Waals surface area contributed by atoms with Gasteiger partial charge in [0, 0.05) is 62.6 Å². The summed E-state index contributed by atoms with van der Waals surface area (Å²) in [7, 11) is 0. The Labute approximate surface area is 160 Å². The zero-order chi connectivity index (χ0) is 18.4. The molecule has 27 heavy (non-hydrogen) atoms. The Hall–Kier alpha value is -1.99. The lowest BCUT2D eigenvalue weighted by Gasteiger charge is -2.36. The molecule has 0 amide bonds. The predicted molar refractivity (Wildman–Crippen MR) is 102 cm³/mol. The largest absolute Gasteiger partial charge is 0.391 e. The van der Waals surface area contributed by atoms with Gasteiger partial charge in [-0.25, -0.2) is 15.0 Å². The number of piperidine rings is 1. The van der Waals surface area contributed by atoms with E-state index in [2.05, 4.69) is 32.5 Å². The average Bonchev–Trinajstić information content (AvgIpc) is 3.24. The van der Waals surface area contributed by atoms with Crippen LogP contribution in [0, 0.1) is 0 Å². The van der Waals surface area contributed by atoms with Gasteiger partial charge in [-0.05, 0) is 32.6 Å². The van der Waals surface area contributed by atoms with E-state index in [0.717, 1.165) is 44.8 Å². The van der Waals surface area contributed by atoms with Gasteiger partial charge in [0.05, 0.1) is 23.8 Å². The van der Waals surface area contributed by atoms with Crippen LogP contribution in [0.15, 0.2) is 18.7 Å². The maximum Gasteiger partial charge on any atom is 0.225 e. The molecular weight excluding hydrogens is 340 g/mol. The first-order chi connectivity index (χ1) is 13.2. The Kier molecular flexibility index (Phi) is 4.36. The molecule has 0 aromatic carbocycles. The monoisotopic (exact) mass is 368 g/mol. The van der Waals surface area contributed by atoms with Crippen LogP contribution in [0.5, 0.6) is 0 Å². The van der Waals surface area contributed by atoms with Crippen LogP contribution in [0.25, 0.3) is 0 Å². The molecule has 0 spiro atoms. The predicted octanol–water partition coefficient (Wildman–Crippen LogP) is 1.92. The van der Waals surface area contributed by atoms with Crippen molar-refractivity contribution in [3.8, 4) is 0 Å². The Bertz CT molecular complexity index is 821. The number of aryl methyl sites for hydroxylation is 1. The molecule has 2 fully saturated rings. The SMILES string of the molecule is CCn1cncc1CN1[C@H]2CC[C@@H]1c1cnc(N3CCC[C@H](O)C3)nc1C2. The Morgan fingerprint density at radius 1 is 1.22 bits per heavy atom. The number of fused-ring (bicyclic) bond motifs is 4. The fraction of sp³-hybridized carbons (Fsp3) is 0.650. The molecule has 7 nitrogen and oxygen atoms in total. The number of aromatic nitrogens is 4. The van der Waals surface area contributed by atoms with Crippen molar-refractivity contribution >= 4 is 5.95 Å². The molecular formula is C20H28N6O. The van der Waals surface area contributed by atoms with Gasteiger partial charge in [0.25, 0.3) is 0 Å². The third kappa shape index (κ3) is 3.02. The van der Waals surface area contributed by atoms with Crippen molar-refractivity contribution in [1.29, 1.82) is 0 Å². The first-order valence-electron chi connectivity index (χ1n) is 10.3. The number of nitrogens with zero attached hydrogens (tertiary/aromatic N) is 6. The minimum Gasteiger partial charge on any atom is -0.391 e. The number of imidazole rings is 1. The van der Waals surface area contributed by atoms with E-state index in [1.807, 2.05) is 12.5 Å². The lowest BCUT2D eigenvalue weighted by molar-refractivity contribution is 0.152. The lowest BCUT2D eigenvalue weighted by Crippen LogP contribution is -2.41. The number of aliphatic hydroxyl groups is 1. The number of β-amino-alcohol motifs (C(OH)–C–C–N with tert-alkyl or cyclic N) is 1. The maximum absolute atomic E-state index is 9.96. The van der Waals surface area contributed by atoms with Crippen molar-refractivity contribution in [2.75, 3.05) is 18.0 Å². The molecule has 3 aliphatic heterocycles. The van der Waals surface area contributed by atoms with E-state index in [0.29, 0.717) is 18.6 Å². The van der Waals surface area contributed by atoms with Gasteiger partial charge in [0.2, 0.25) is 5.95 Å². The van der Waals surface area contributed by atoms with Gasteiger partial charge in [0.1, 0.15) is 0 Å². The van der Waals surface area contributed by atoms with Crippen molar-refractivity contribution < 1.29 is 5.11 Å². The van der Waals surface area contributed by atoms with Gasteiger partial charge in [-0.15, -0.1) is 0 Å². The lowest BCUT2D eigenvalue weighted by atomic mass is 9.99. The molecule has 5 rings (SSSR count). The van der Waals surface area contributed by atoms with Crippen LogP contribution in [0.2, 0.25) is 0 Å². The van der Waals surface area contributed by atoms with Gasteiger partial charge in [0.15, 0.2) is 0 Å². The zero-order valence-electron chi connectivity index (χ0n) is 16.0. The Morgan fingerprint density at radius 3 is 3.00 bits per heavy atom. The number of rotatable bonds is 4. The molecule has 2 aromatic rings. The van der Waals surface area contributed by atoms with Gasteiger partial charge >= 0.3 is 0 Å². The Balaban J connectivity index is 1.39. The molecule has 2 bridgehead atoms. The molecule has 2 saturated heterocycles. The summed E-state index contributed by atoms with van der Waals surface area (Å²) in [4.78, 5) is 18.7. The minimum absolute atomic E-state index is 0.256. The van der Waals surface area contributed by atoms with Crippen LogP contribution in [0.1, 0.15) is 55.6 Å². The summed E-state index contributed by atoms with van der Waals surface area (Å²) in [6.45, 7) is 5.67. The van der Waals surface area contributed by atoms with Crippen molar-refractivity contribution in [1.82, 2.24) is 24.4 Å². The third-order valence-corrected chi connectivity index (χ3v) is 6.48. The summed E-state index contributed by atoms with van der Waals surface area (Å²) < 4.78 is 2.23. The maximum atomic E-state index is 9.96. The third-order valence-electron chi connectivity index (χ3n) is 6.48. The summed E-state index contributed by atoms with van der Waals surface area (Å²) in [5.41, 5.74) is 3.80. The van der Waals surface area contributed by atoms with E-state index in [9.17, 15) is 5.11 Å². The molecule has 5 heterocycles. The van der Waals surface area contributed by atoms with Crippen molar-refractivity contribution in [3.63, 3.8) is 0 Å². The van der Waals surface area contributed by atoms with Gasteiger partial charge < -0.3 is 14.6 Å². The van der Waals surface area contributed by atoms with E-state index in [4.69, 9.17) is 9.97 Å². The average molecular weight is 368 g/mol. The van der Waals surface area contributed by atoms with E-state index < -0.39 is 0 Å². The first-order valence-corrected chi connectivity index (χ1v) is 10.3. The number of aliphatic hydroxyl groups excluding tert-OH is 1. The molecule has 7 heteroatoms. The van der Waals surface area contributed by atoms with Crippen molar-refractivity contribution in [3.05, 3.63) is 35.7 Å². The van der Waals surface area contributed by atoms with Crippen LogP contribution in [-0.4, -0.2) is 54.8 Å². The highest BCUT2D eigenvalue weighted by Crippen LogP contribution is 2.44. The van der Waals surface area contributed by atoms with Crippen LogP contribution in [0.4, 0.5) is 5.95 Å². The van der Waals surface area contributed by atoms with E-state index in [1.54, 1.807) is 0 Å². The van der Waals surface area contributed by atoms with E-state index in [1.165, 1.54) is 29.8 Å². The standard InChI is InChI=1S/C20H28N6O/c1-2-24-13-21-9-15(24)11-26-14-5-6-19(26)17-10-22-20(23-18(17)8-14)25-7-3-4-16(27)12-25/h9-10,13-14,16,19,27H,2-8,11-12H2,1H3/t14-,16-,19+/m0/s1. The second-order valence-electron chi connectivity index (χ2n) is 8.11. The number of hydrogen-bond acceptors (Lipinski definition) is 6. The summed E-state index contributed by atoms with van der Waals surface area (Å²) in [6, 6.07) is 0.970. The Morgan fingerprint density at radius 2 is 2.15 bits per heavy atom. The highest BCUT2D eigenvalue weighted by atomic mass is 16.3. The highest BCUT2D eigenvalue weighted by molar-refractivity contribution is 5.37.